The molecule has 0 aliphatic heterocycles. The quantitative estimate of drug-likeness (QED) is 0.569. The first-order valence-corrected chi connectivity index (χ1v) is 9.77. The molecule has 0 radical (unpaired) electrons. The monoisotopic (exact) mass is 449 g/mol. The first-order valence-electron chi connectivity index (χ1n) is 9.77. The van der Waals surface area contributed by atoms with Gasteiger partial charge < -0.3 is 14.8 Å². The molecule has 7 nitrogen and oxygen atoms in total. The van der Waals surface area contributed by atoms with Gasteiger partial charge in [0.2, 0.25) is 5.91 Å². The second-order valence-electron chi connectivity index (χ2n) is 7.05. The van der Waals surface area contributed by atoms with E-state index in [-0.39, 0.29) is 31.0 Å². The van der Waals surface area contributed by atoms with E-state index in [1.807, 2.05) is 0 Å². The zero-order valence-electron chi connectivity index (χ0n) is 17.5. The van der Waals surface area contributed by atoms with Crippen molar-refractivity contribution in [1.82, 2.24) is 14.9 Å². The van der Waals surface area contributed by atoms with Crippen molar-refractivity contribution in [2.24, 2.45) is 0 Å². The van der Waals surface area contributed by atoms with E-state index in [2.05, 4.69) is 10.3 Å². The zero-order chi connectivity index (χ0) is 23.3. The van der Waals surface area contributed by atoms with Crippen LogP contribution >= 0.6 is 0 Å². The summed E-state index contributed by atoms with van der Waals surface area (Å²) >= 11 is 0. The van der Waals surface area contributed by atoms with Gasteiger partial charge in [0.1, 0.15) is 0 Å². The minimum atomic E-state index is -4.43. The van der Waals surface area contributed by atoms with Gasteiger partial charge in [-0.1, -0.05) is 12.1 Å². The molecule has 0 bridgehead atoms. The van der Waals surface area contributed by atoms with E-state index >= 15 is 0 Å². The lowest BCUT2D eigenvalue weighted by molar-refractivity contribution is -0.137. The number of benzene rings is 2. The fourth-order valence-corrected chi connectivity index (χ4v) is 3.20. The van der Waals surface area contributed by atoms with E-state index in [9.17, 15) is 22.8 Å². The Kier molecular flexibility index (Phi) is 7.01. The van der Waals surface area contributed by atoms with Crippen LogP contribution < -0.4 is 20.3 Å². The van der Waals surface area contributed by atoms with Gasteiger partial charge in [0.15, 0.2) is 11.5 Å². The summed E-state index contributed by atoms with van der Waals surface area (Å²) in [6, 6.07) is 7.96. The van der Waals surface area contributed by atoms with Crippen LogP contribution in [0.5, 0.6) is 11.5 Å². The van der Waals surface area contributed by atoms with Crippen molar-refractivity contribution in [1.29, 1.82) is 0 Å². The number of carbonyl (C=O) groups is 1. The summed E-state index contributed by atoms with van der Waals surface area (Å²) in [5, 5.41) is 2.96. The minimum absolute atomic E-state index is 0.0120. The summed E-state index contributed by atoms with van der Waals surface area (Å²) in [6.07, 6.45) is -2.57. The number of methoxy groups -OCH3 is 2. The van der Waals surface area contributed by atoms with Crippen LogP contribution in [0.25, 0.3) is 10.9 Å². The number of amides is 1. The van der Waals surface area contributed by atoms with Crippen LogP contribution in [0.2, 0.25) is 0 Å². The van der Waals surface area contributed by atoms with Crippen molar-refractivity contribution in [3.63, 3.8) is 0 Å². The molecule has 0 saturated heterocycles. The molecule has 170 valence electrons. The Bertz CT molecular complexity index is 1180. The van der Waals surface area contributed by atoms with E-state index in [1.165, 1.54) is 37.2 Å². The SMILES string of the molecule is COc1cc2ncn(CCCC(=O)NCc3cccc(C(F)(F)F)c3)c(=O)c2cc1OC. The highest BCUT2D eigenvalue weighted by molar-refractivity contribution is 5.81. The van der Waals surface area contributed by atoms with Crippen LogP contribution in [-0.2, 0) is 24.1 Å². The summed E-state index contributed by atoms with van der Waals surface area (Å²) in [5.74, 6) is 0.545. The highest BCUT2D eigenvalue weighted by atomic mass is 19.4. The van der Waals surface area contributed by atoms with Gasteiger partial charge in [0, 0.05) is 25.6 Å². The number of alkyl halides is 3. The largest absolute Gasteiger partial charge is 0.493 e. The van der Waals surface area contributed by atoms with Crippen LogP contribution in [0, 0.1) is 0 Å². The fraction of sp³-hybridized carbons (Fsp3) is 0.318. The fourth-order valence-electron chi connectivity index (χ4n) is 3.20. The van der Waals surface area contributed by atoms with Gasteiger partial charge >= 0.3 is 6.18 Å². The van der Waals surface area contributed by atoms with Crippen molar-refractivity contribution in [2.45, 2.75) is 32.1 Å². The molecule has 0 aliphatic carbocycles. The molecule has 2 aromatic carbocycles. The van der Waals surface area contributed by atoms with Crippen LogP contribution in [0.4, 0.5) is 13.2 Å². The summed E-state index contributed by atoms with van der Waals surface area (Å²) in [4.78, 5) is 29.1. The van der Waals surface area contributed by atoms with Gasteiger partial charge in [0.25, 0.3) is 5.56 Å². The molecule has 0 aliphatic rings. The molecule has 10 heteroatoms. The number of carbonyl (C=O) groups excluding carboxylic acids is 1. The number of nitrogens with one attached hydrogen (secondary N) is 1. The predicted molar refractivity (Wildman–Crippen MR) is 112 cm³/mol. The van der Waals surface area contributed by atoms with Gasteiger partial charge in [0.05, 0.1) is 37.0 Å². The van der Waals surface area contributed by atoms with Crippen molar-refractivity contribution >= 4 is 16.8 Å². The van der Waals surface area contributed by atoms with Gasteiger partial charge in [-0.2, -0.15) is 13.2 Å². The van der Waals surface area contributed by atoms with Gasteiger partial charge in [-0.05, 0) is 30.2 Å². The Hall–Kier alpha value is -3.56. The molecule has 0 fully saturated rings. The molecule has 0 saturated carbocycles. The van der Waals surface area contributed by atoms with Gasteiger partial charge in [-0.3, -0.25) is 14.2 Å². The summed E-state index contributed by atoms with van der Waals surface area (Å²) in [7, 11) is 2.96. The molecule has 1 aromatic heterocycles. The Morgan fingerprint density at radius 3 is 2.53 bits per heavy atom. The third-order valence-electron chi connectivity index (χ3n) is 4.88. The van der Waals surface area contributed by atoms with Crippen LogP contribution in [0.15, 0.2) is 47.5 Å². The number of hydrogen-bond acceptors (Lipinski definition) is 5. The van der Waals surface area contributed by atoms with Crippen molar-refractivity contribution in [2.75, 3.05) is 14.2 Å². The molecule has 1 amide bonds. The highest BCUT2D eigenvalue weighted by Crippen LogP contribution is 2.30. The Morgan fingerprint density at radius 1 is 1.12 bits per heavy atom. The first-order chi connectivity index (χ1) is 15.2. The number of aryl methyl sites for hydroxylation is 1. The lowest BCUT2D eigenvalue weighted by Gasteiger charge is -2.11. The predicted octanol–water partition coefficient (Wildman–Crippen LogP) is 3.53. The Balaban J connectivity index is 1.58. The van der Waals surface area contributed by atoms with E-state index in [0.29, 0.717) is 34.4 Å². The Morgan fingerprint density at radius 2 is 1.84 bits per heavy atom. The molecule has 1 N–H and O–H groups in total. The average Bonchev–Trinajstić information content (AvgIpc) is 2.78. The molecule has 0 unspecified atom stereocenters. The van der Waals surface area contributed by atoms with E-state index in [1.54, 1.807) is 12.1 Å². The van der Waals surface area contributed by atoms with Crippen LogP contribution in [-0.4, -0.2) is 29.7 Å². The topological polar surface area (TPSA) is 82.5 Å². The lowest BCUT2D eigenvalue weighted by Crippen LogP contribution is -2.25. The normalized spacial score (nSPS) is 11.4. The molecular formula is C22H22F3N3O4. The number of ether oxygens (including phenoxy) is 2. The molecule has 1 heterocycles. The smallest absolute Gasteiger partial charge is 0.416 e. The third-order valence-corrected chi connectivity index (χ3v) is 4.88. The second-order valence-corrected chi connectivity index (χ2v) is 7.05. The van der Waals surface area contributed by atoms with Gasteiger partial charge in [-0.15, -0.1) is 0 Å². The summed E-state index contributed by atoms with van der Waals surface area (Å²) in [5.41, 5.74) is -0.225. The number of rotatable bonds is 8. The second kappa shape index (κ2) is 9.71. The number of fused-ring (bicyclic) bond motifs is 1. The van der Waals surface area contributed by atoms with Gasteiger partial charge in [-0.25, -0.2) is 4.98 Å². The maximum absolute atomic E-state index is 12.8. The van der Waals surface area contributed by atoms with Crippen LogP contribution in [0.1, 0.15) is 24.0 Å². The van der Waals surface area contributed by atoms with Crippen molar-refractivity contribution in [3.8, 4) is 11.5 Å². The van der Waals surface area contributed by atoms with E-state index < -0.39 is 11.7 Å². The standard InChI is InChI=1S/C22H22F3N3O4/c1-31-18-10-16-17(11-19(18)32-2)27-13-28(21(16)30)8-4-7-20(29)26-12-14-5-3-6-15(9-14)22(23,24)25/h3,5-6,9-11,13H,4,7-8,12H2,1-2H3,(H,26,29). The van der Waals surface area contributed by atoms with Crippen molar-refractivity contribution < 1.29 is 27.4 Å². The highest BCUT2D eigenvalue weighted by Gasteiger charge is 2.30. The maximum Gasteiger partial charge on any atom is 0.416 e. The molecule has 0 spiro atoms. The van der Waals surface area contributed by atoms with E-state index in [0.717, 1.165) is 12.1 Å². The number of aromatic nitrogens is 2. The van der Waals surface area contributed by atoms with Crippen molar-refractivity contribution in [3.05, 3.63) is 64.2 Å². The average molecular weight is 449 g/mol. The summed E-state index contributed by atoms with van der Waals surface area (Å²) < 4.78 is 50.1. The molecule has 0 atom stereocenters. The zero-order valence-corrected chi connectivity index (χ0v) is 17.5. The van der Waals surface area contributed by atoms with E-state index in [4.69, 9.17) is 9.47 Å². The number of hydrogen-bond donors (Lipinski definition) is 1. The Labute approximate surface area is 181 Å². The number of nitrogens with zero attached hydrogens (tertiary/aromatic N) is 2. The lowest BCUT2D eigenvalue weighted by atomic mass is 10.1. The van der Waals surface area contributed by atoms with Crippen LogP contribution in [0.3, 0.4) is 0 Å². The summed E-state index contributed by atoms with van der Waals surface area (Å²) in [6.45, 7) is 0.245. The third kappa shape index (κ3) is 5.37. The number of halogens is 3. The molecule has 3 aromatic rings. The first kappa shape index (κ1) is 23.1. The molecular weight excluding hydrogens is 427 g/mol. The minimum Gasteiger partial charge on any atom is -0.493 e. The maximum atomic E-state index is 12.8. The molecule has 3 rings (SSSR count). The molecule has 32 heavy (non-hydrogen) atoms.